The lowest BCUT2D eigenvalue weighted by Gasteiger charge is -2.26. The highest BCUT2D eigenvalue weighted by atomic mass is 35.5. The van der Waals surface area contributed by atoms with Crippen LogP contribution in [0.15, 0.2) is 24.3 Å². The molecule has 1 fully saturated rings. The van der Waals surface area contributed by atoms with Crippen LogP contribution >= 0.6 is 11.6 Å². The van der Waals surface area contributed by atoms with Gasteiger partial charge in [0.25, 0.3) is 0 Å². The number of hydrogen-bond donors (Lipinski definition) is 1. The van der Waals surface area contributed by atoms with Crippen molar-refractivity contribution in [2.75, 3.05) is 6.54 Å². The predicted octanol–water partition coefficient (Wildman–Crippen LogP) is 3.50. The minimum Gasteiger partial charge on any atom is -0.481 e. The maximum atomic E-state index is 12.4. The molecule has 2 unspecified atom stereocenters. The second kappa shape index (κ2) is 6.94. The Kier molecular flexibility index (Phi) is 5.23. The molecule has 0 aromatic heterocycles. The van der Waals surface area contributed by atoms with Crippen molar-refractivity contribution in [1.29, 1.82) is 0 Å². The summed E-state index contributed by atoms with van der Waals surface area (Å²) in [4.78, 5) is 25.0. The highest BCUT2D eigenvalue weighted by molar-refractivity contribution is 6.30. The lowest BCUT2D eigenvalue weighted by Crippen LogP contribution is -2.31. The van der Waals surface area contributed by atoms with E-state index in [-0.39, 0.29) is 30.7 Å². The molecule has 1 aromatic rings. The van der Waals surface area contributed by atoms with Crippen molar-refractivity contribution in [3.63, 3.8) is 0 Å². The minimum absolute atomic E-state index is 0.0292. The van der Waals surface area contributed by atoms with Crippen LogP contribution < -0.4 is 0 Å². The highest BCUT2D eigenvalue weighted by Crippen LogP contribution is 2.33. The molecule has 1 amide bonds. The molecule has 5 heteroatoms. The van der Waals surface area contributed by atoms with Gasteiger partial charge in [-0.2, -0.15) is 0 Å². The molecular weight excluding hydrogens is 290 g/mol. The molecule has 1 aliphatic heterocycles. The van der Waals surface area contributed by atoms with Gasteiger partial charge in [-0.05, 0) is 36.5 Å². The Morgan fingerprint density at radius 3 is 2.86 bits per heavy atom. The number of rotatable bonds is 5. The second-order valence-electron chi connectivity index (χ2n) is 5.71. The van der Waals surface area contributed by atoms with Crippen LogP contribution in [0.5, 0.6) is 0 Å². The van der Waals surface area contributed by atoms with Gasteiger partial charge in [-0.1, -0.05) is 30.7 Å². The number of carbonyl (C=O) groups is 2. The third-order valence-electron chi connectivity index (χ3n) is 3.85. The normalized spacial score (nSPS) is 19.5. The Morgan fingerprint density at radius 2 is 2.19 bits per heavy atom. The van der Waals surface area contributed by atoms with Crippen molar-refractivity contribution in [3.8, 4) is 0 Å². The Bertz CT molecular complexity index is 532. The van der Waals surface area contributed by atoms with E-state index in [9.17, 15) is 9.59 Å². The molecule has 0 aliphatic carbocycles. The number of carboxylic acid groups (broad SMARTS) is 1. The largest absolute Gasteiger partial charge is 0.481 e. The summed E-state index contributed by atoms with van der Waals surface area (Å²) in [6, 6.07) is 7.67. The molecule has 114 valence electrons. The van der Waals surface area contributed by atoms with E-state index in [0.29, 0.717) is 5.02 Å². The topological polar surface area (TPSA) is 57.6 Å². The number of benzene rings is 1. The third-order valence-corrected chi connectivity index (χ3v) is 4.09. The molecule has 0 radical (unpaired) electrons. The van der Waals surface area contributed by atoms with Crippen LogP contribution in [0.3, 0.4) is 0 Å². The molecule has 1 aromatic carbocycles. The van der Waals surface area contributed by atoms with E-state index in [0.717, 1.165) is 24.9 Å². The van der Waals surface area contributed by atoms with E-state index in [4.69, 9.17) is 16.7 Å². The molecule has 21 heavy (non-hydrogen) atoms. The predicted molar refractivity (Wildman–Crippen MR) is 81.2 cm³/mol. The molecule has 2 atom stereocenters. The van der Waals surface area contributed by atoms with Crippen LogP contribution in [0, 0.1) is 5.92 Å². The molecular formula is C16H20ClNO3. The van der Waals surface area contributed by atoms with E-state index < -0.39 is 5.97 Å². The Morgan fingerprint density at radius 1 is 1.43 bits per heavy atom. The number of amides is 1. The molecule has 0 spiro atoms. The fourth-order valence-electron chi connectivity index (χ4n) is 2.91. The monoisotopic (exact) mass is 309 g/mol. The van der Waals surface area contributed by atoms with Crippen molar-refractivity contribution in [2.45, 2.75) is 38.6 Å². The quantitative estimate of drug-likeness (QED) is 0.905. The van der Waals surface area contributed by atoms with Gasteiger partial charge in [-0.3, -0.25) is 9.59 Å². The van der Waals surface area contributed by atoms with Crippen LogP contribution in [0.2, 0.25) is 5.02 Å². The van der Waals surface area contributed by atoms with Gasteiger partial charge in [0, 0.05) is 24.4 Å². The fraction of sp³-hybridized carbons (Fsp3) is 0.500. The van der Waals surface area contributed by atoms with Crippen molar-refractivity contribution in [3.05, 3.63) is 34.9 Å². The van der Waals surface area contributed by atoms with E-state index in [1.807, 2.05) is 29.2 Å². The zero-order chi connectivity index (χ0) is 15.4. The van der Waals surface area contributed by atoms with Crippen LogP contribution in [0.1, 0.15) is 44.2 Å². The number of carbonyl (C=O) groups excluding carboxylic acids is 1. The molecule has 0 saturated carbocycles. The molecule has 1 aliphatic rings. The first kappa shape index (κ1) is 15.8. The number of halogens is 1. The van der Waals surface area contributed by atoms with Gasteiger partial charge in [-0.15, -0.1) is 0 Å². The summed E-state index contributed by atoms with van der Waals surface area (Å²) < 4.78 is 0. The average molecular weight is 310 g/mol. The summed E-state index contributed by atoms with van der Waals surface area (Å²) >= 11 is 6.02. The van der Waals surface area contributed by atoms with E-state index in [1.165, 1.54) is 0 Å². The number of aliphatic carboxylic acids is 1. The van der Waals surface area contributed by atoms with Gasteiger partial charge < -0.3 is 10.0 Å². The molecule has 1 N–H and O–H groups in total. The van der Waals surface area contributed by atoms with Crippen molar-refractivity contribution < 1.29 is 14.7 Å². The van der Waals surface area contributed by atoms with Crippen LogP contribution in [-0.4, -0.2) is 28.4 Å². The zero-order valence-corrected chi connectivity index (χ0v) is 12.8. The van der Waals surface area contributed by atoms with E-state index >= 15 is 0 Å². The average Bonchev–Trinajstić information content (AvgIpc) is 2.86. The van der Waals surface area contributed by atoms with Crippen molar-refractivity contribution >= 4 is 23.5 Å². The second-order valence-corrected chi connectivity index (χ2v) is 6.14. The minimum atomic E-state index is -0.858. The van der Waals surface area contributed by atoms with Crippen LogP contribution in [-0.2, 0) is 9.59 Å². The van der Waals surface area contributed by atoms with Crippen LogP contribution in [0.25, 0.3) is 0 Å². The van der Waals surface area contributed by atoms with E-state index in [1.54, 1.807) is 6.92 Å². The van der Waals surface area contributed by atoms with E-state index in [2.05, 4.69) is 0 Å². The van der Waals surface area contributed by atoms with Gasteiger partial charge in [-0.25, -0.2) is 0 Å². The molecule has 4 nitrogen and oxygen atoms in total. The Balaban J connectivity index is 2.04. The molecule has 0 bridgehead atoms. The summed E-state index contributed by atoms with van der Waals surface area (Å²) in [5.41, 5.74) is 1.05. The van der Waals surface area contributed by atoms with Gasteiger partial charge in [0.15, 0.2) is 0 Å². The Hall–Kier alpha value is -1.55. The number of hydrogen-bond acceptors (Lipinski definition) is 2. The summed E-state index contributed by atoms with van der Waals surface area (Å²) in [5, 5.41) is 9.46. The highest BCUT2D eigenvalue weighted by Gasteiger charge is 2.30. The van der Waals surface area contributed by atoms with Gasteiger partial charge in [0.1, 0.15) is 0 Å². The zero-order valence-electron chi connectivity index (χ0n) is 12.1. The number of nitrogens with zero attached hydrogens (tertiary/aromatic N) is 1. The molecule has 1 heterocycles. The lowest BCUT2D eigenvalue weighted by molar-refractivity contribution is -0.138. The third kappa shape index (κ3) is 4.21. The summed E-state index contributed by atoms with van der Waals surface area (Å²) in [5.74, 6) is -0.968. The summed E-state index contributed by atoms with van der Waals surface area (Å²) in [7, 11) is 0. The Labute approximate surface area is 129 Å². The fourth-order valence-corrected chi connectivity index (χ4v) is 3.11. The lowest BCUT2D eigenvalue weighted by atomic mass is 10.0. The number of likely N-dealkylation sites (tertiary alicyclic amines) is 1. The first-order chi connectivity index (χ1) is 9.97. The van der Waals surface area contributed by atoms with Crippen molar-refractivity contribution in [2.24, 2.45) is 5.92 Å². The molecule has 1 saturated heterocycles. The standard InChI is InChI=1S/C16H20ClNO3/c1-11(9-16(20)21)8-15(19)18-7-3-6-14(18)12-4-2-5-13(17)10-12/h2,4-5,10-11,14H,3,6-9H2,1H3,(H,20,21). The van der Waals surface area contributed by atoms with Crippen molar-refractivity contribution in [1.82, 2.24) is 4.90 Å². The maximum absolute atomic E-state index is 12.4. The molecule has 2 rings (SSSR count). The number of carboxylic acids is 1. The summed E-state index contributed by atoms with van der Waals surface area (Å²) in [6.45, 7) is 2.53. The van der Waals surface area contributed by atoms with Gasteiger partial charge >= 0.3 is 5.97 Å². The van der Waals surface area contributed by atoms with Gasteiger partial charge in [0.2, 0.25) is 5.91 Å². The summed E-state index contributed by atoms with van der Waals surface area (Å²) in [6.07, 6.45) is 2.21. The van der Waals surface area contributed by atoms with Crippen LogP contribution in [0.4, 0.5) is 0 Å². The first-order valence-corrected chi connectivity index (χ1v) is 7.62. The first-order valence-electron chi connectivity index (χ1n) is 7.24. The van der Waals surface area contributed by atoms with Gasteiger partial charge in [0.05, 0.1) is 6.04 Å². The SMILES string of the molecule is CC(CC(=O)O)CC(=O)N1CCCC1c1cccc(Cl)c1. The maximum Gasteiger partial charge on any atom is 0.303 e. The smallest absolute Gasteiger partial charge is 0.303 e.